The summed E-state index contributed by atoms with van der Waals surface area (Å²) in [6, 6.07) is 3.46. The molecule has 0 saturated heterocycles. The van der Waals surface area contributed by atoms with Crippen molar-refractivity contribution in [1.82, 2.24) is 0 Å². The molecule has 0 radical (unpaired) electrons. The highest BCUT2D eigenvalue weighted by molar-refractivity contribution is 5.38. The Morgan fingerprint density at radius 2 is 1.95 bits per heavy atom. The molecule has 1 aromatic carbocycles. The number of methoxy groups -OCH3 is 1. The molecule has 2 unspecified atom stereocenters. The van der Waals surface area contributed by atoms with Crippen LogP contribution >= 0.6 is 0 Å². The standard InChI is InChI=1S/C15H20F3NO2/c1-20-12-3-2-4-13(8-12)21-14-6-5-11(15(16,17)18)7-10(14)9-19/h5-7,12-13H,2-4,8-9,19H2,1H3. The number of hydrogen-bond acceptors (Lipinski definition) is 3. The largest absolute Gasteiger partial charge is 0.490 e. The van der Waals surface area contributed by atoms with Gasteiger partial charge in [0, 0.05) is 25.6 Å². The van der Waals surface area contributed by atoms with Gasteiger partial charge in [-0.1, -0.05) is 0 Å². The predicted molar refractivity (Wildman–Crippen MR) is 73.0 cm³/mol. The number of benzene rings is 1. The van der Waals surface area contributed by atoms with Crippen molar-refractivity contribution in [3.8, 4) is 5.75 Å². The van der Waals surface area contributed by atoms with Gasteiger partial charge in [0.25, 0.3) is 0 Å². The second kappa shape index (κ2) is 6.66. The summed E-state index contributed by atoms with van der Waals surface area (Å²) in [5.41, 5.74) is 5.23. The second-order valence-electron chi connectivity index (χ2n) is 5.29. The Bertz CT molecular complexity index is 476. The van der Waals surface area contributed by atoms with E-state index in [2.05, 4.69) is 0 Å². The van der Waals surface area contributed by atoms with Gasteiger partial charge in [-0.05, 0) is 37.5 Å². The molecule has 1 saturated carbocycles. The minimum Gasteiger partial charge on any atom is -0.490 e. The summed E-state index contributed by atoms with van der Waals surface area (Å²) in [4.78, 5) is 0. The first kappa shape index (κ1) is 16.1. The lowest BCUT2D eigenvalue weighted by Gasteiger charge is -2.29. The van der Waals surface area contributed by atoms with Crippen LogP contribution in [-0.2, 0) is 17.5 Å². The van der Waals surface area contributed by atoms with E-state index in [0.717, 1.165) is 37.8 Å². The van der Waals surface area contributed by atoms with E-state index in [1.54, 1.807) is 7.11 Å². The third kappa shape index (κ3) is 4.11. The summed E-state index contributed by atoms with van der Waals surface area (Å²) in [6.45, 7) is 0.0136. The Kier molecular flexibility index (Phi) is 5.11. The fourth-order valence-electron chi connectivity index (χ4n) is 2.63. The van der Waals surface area contributed by atoms with Crippen LogP contribution in [-0.4, -0.2) is 19.3 Å². The van der Waals surface area contributed by atoms with Crippen molar-refractivity contribution in [1.29, 1.82) is 0 Å². The molecular weight excluding hydrogens is 283 g/mol. The van der Waals surface area contributed by atoms with Crippen molar-refractivity contribution in [2.24, 2.45) is 5.73 Å². The maximum absolute atomic E-state index is 12.7. The van der Waals surface area contributed by atoms with E-state index < -0.39 is 11.7 Å². The highest BCUT2D eigenvalue weighted by Crippen LogP contribution is 2.34. The van der Waals surface area contributed by atoms with Gasteiger partial charge in [0.15, 0.2) is 0 Å². The lowest BCUT2D eigenvalue weighted by molar-refractivity contribution is -0.137. The number of nitrogens with two attached hydrogens (primary N) is 1. The number of halogens is 3. The fraction of sp³-hybridized carbons (Fsp3) is 0.600. The molecular formula is C15H20F3NO2. The first-order valence-corrected chi connectivity index (χ1v) is 7.03. The zero-order chi connectivity index (χ0) is 15.5. The molecule has 2 atom stereocenters. The Hall–Kier alpha value is -1.27. The van der Waals surface area contributed by atoms with Crippen LogP contribution in [0.25, 0.3) is 0 Å². The van der Waals surface area contributed by atoms with Crippen LogP contribution in [0.15, 0.2) is 18.2 Å². The first-order chi connectivity index (χ1) is 9.94. The van der Waals surface area contributed by atoms with Gasteiger partial charge in [0.2, 0.25) is 0 Å². The van der Waals surface area contributed by atoms with Gasteiger partial charge in [-0.2, -0.15) is 13.2 Å². The quantitative estimate of drug-likeness (QED) is 0.926. The maximum atomic E-state index is 12.7. The molecule has 6 heteroatoms. The molecule has 2 rings (SSSR count). The van der Waals surface area contributed by atoms with Crippen molar-refractivity contribution in [2.45, 2.75) is 50.6 Å². The van der Waals surface area contributed by atoms with E-state index in [1.807, 2.05) is 0 Å². The van der Waals surface area contributed by atoms with Gasteiger partial charge in [-0.25, -0.2) is 0 Å². The molecule has 0 heterocycles. The molecule has 0 amide bonds. The van der Waals surface area contributed by atoms with Crippen LogP contribution in [0.1, 0.15) is 36.8 Å². The molecule has 118 valence electrons. The van der Waals surface area contributed by atoms with Crippen LogP contribution in [0.4, 0.5) is 13.2 Å². The summed E-state index contributed by atoms with van der Waals surface area (Å²) in [7, 11) is 1.66. The number of rotatable bonds is 4. The molecule has 21 heavy (non-hydrogen) atoms. The van der Waals surface area contributed by atoms with Crippen LogP contribution in [0.3, 0.4) is 0 Å². The third-order valence-electron chi connectivity index (χ3n) is 3.81. The van der Waals surface area contributed by atoms with Gasteiger partial charge in [0.05, 0.1) is 11.7 Å². The van der Waals surface area contributed by atoms with E-state index in [-0.39, 0.29) is 18.8 Å². The van der Waals surface area contributed by atoms with Crippen molar-refractivity contribution in [2.75, 3.05) is 7.11 Å². The van der Waals surface area contributed by atoms with E-state index >= 15 is 0 Å². The lowest BCUT2D eigenvalue weighted by atomic mass is 9.94. The molecule has 0 aromatic heterocycles. The van der Waals surface area contributed by atoms with E-state index in [4.69, 9.17) is 15.2 Å². The normalized spacial score (nSPS) is 23.1. The molecule has 1 aliphatic carbocycles. The molecule has 3 nitrogen and oxygen atoms in total. The van der Waals surface area contributed by atoms with E-state index in [9.17, 15) is 13.2 Å². The van der Waals surface area contributed by atoms with E-state index in [0.29, 0.717) is 11.3 Å². The second-order valence-corrected chi connectivity index (χ2v) is 5.29. The fourth-order valence-corrected chi connectivity index (χ4v) is 2.63. The van der Waals surface area contributed by atoms with Crippen molar-refractivity contribution >= 4 is 0 Å². The van der Waals surface area contributed by atoms with Crippen LogP contribution in [0.2, 0.25) is 0 Å². The van der Waals surface area contributed by atoms with Gasteiger partial charge in [-0.15, -0.1) is 0 Å². The molecule has 0 spiro atoms. The van der Waals surface area contributed by atoms with Crippen LogP contribution in [0, 0.1) is 0 Å². The average molecular weight is 303 g/mol. The van der Waals surface area contributed by atoms with Crippen molar-refractivity contribution in [3.63, 3.8) is 0 Å². The minimum absolute atomic E-state index is 0.0136. The van der Waals surface area contributed by atoms with Gasteiger partial charge in [-0.3, -0.25) is 0 Å². The average Bonchev–Trinajstić information content (AvgIpc) is 2.46. The Labute approximate surface area is 122 Å². The molecule has 1 aromatic rings. The summed E-state index contributed by atoms with van der Waals surface area (Å²) < 4.78 is 49.3. The number of alkyl halides is 3. The lowest BCUT2D eigenvalue weighted by Crippen LogP contribution is -2.29. The van der Waals surface area contributed by atoms with Crippen LogP contribution < -0.4 is 10.5 Å². The Morgan fingerprint density at radius 3 is 2.57 bits per heavy atom. The SMILES string of the molecule is COC1CCCC(Oc2ccc(C(F)(F)F)cc2CN)C1. The summed E-state index contributed by atoms with van der Waals surface area (Å²) in [5.74, 6) is 0.437. The molecule has 1 fully saturated rings. The smallest absolute Gasteiger partial charge is 0.416 e. The van der Waals surface area contributed by atoms with Gasteiger partial charge < -0.3 is 15.2 Å². The highest BCUT2D eigenvalue weighted by atomic mass is 19.4. The summed E-state index contributed by atoms with van der Waals surface area (Å²) in [6.07, 6.45) is -0.638. The Balaban J connectivity index is 2.12. The Morgan fingerprint density at radius 1 is 1.24 bits per heavy atom. The van der Waals surface area contributed by atoms with Crippen molar-refractivity contribution < 1.29 is 22.6 Å². The molecule has 0 aliphatic heterocycles. The first-order valence-electron chi connectivity index (χ1n) is 7.03. The number of ether oxygens (including phenoxy) is 2. The van der Waals surface area contributed by atoms with Crippen molar-refractivity contribution in [3.05, 3.63) is 29.3 Å². The predicted octanol–water partition coefficient (Wildman–Crippen LogP) is 3.50. The molecule has 2 N–H and O–H groups in total. The number of hydrogen-bond donors (Lipinski definition) is 1. The zero-order valence-electron chi connectivity index (χ0n) is 12.0. The molecule has 1 aliphatic rings. The third-order valence-corrected chi connectivity index (χ3v) is 3.81. The van der Waals surface area contributed by atoms with Crippen LogP contribution in [0.5, 0.6) is 5.75 Å². The van der Waals surface area contributed by atoms with E-state index in [1.165, 1.54) is 6.07 Å². The monoisotopic (exact) mass is 303 g/mol. The van der Waals surface area contributed by atoms with Gasteiger partial charge in [0.1, 0.15) is 11.9 Å². The molecule has 0 bridgehead atoms. The summed E-state index contributed by atoms with van der Waals surface area (Å²) in [5, 5.41) is 0. The topological polar surface area (TPSA) is 44.5 Å². The highest BCUT2D eigenvalue weighted by Gasteiger charge is 2.31. The van der Waals surface area contributed by atoms with Gasteiger partial charge >= 0.3 is 6.18 Å². The minimum atomic E-state index is -4.37. The summed E-state index contributed by atoms with van der Waals surface area (Å²) >= 11 is 0. The maximum Gasteiger partial charge on any atom is 0.416 e. The zero-order valence-corrected chi connectivity index (χ0v) is 12.0.